The van der Waals surface area contributed by atoms with Crippen LogP contribution in [0.25, 0.3) is 0 Å². The fraction of sp³-hybridized carbons (Fsp3) is 0.588. The number of nitrogens with one attached hydrogen (secondary N) is 1. The van der Waals surface area contributed by atoms with Crippen molar-refractivity contribution >= 4 is 11.6 Å². The van der Waals surface area contributed by atoms with Gasteiger partial charge < -0.3 is 10.2 Å². The summed E-state index contributed by atoms with van der Waals surface area (Å²) in [6, 6.07) is 6.64. The molecule has 5 heteroatoms. The van der Waals surface area contributed by atoms with Gasteiger partial charge in [0.05, 0.1) is 0 Å². The molecular formula is C17H24FN3O. The summed E-state index contributed by atoms with van der Waals surface area (Å²) in [6.45, 7) is 4.16. The fourth-order valence-corrected chi connectivity index (χ4v) is 3.80. The Morgan fingerprint density at radius 3 is 3.09 bits per heavy atom. The van der Waals surface area contributed by atoms with Crippen molar-refractivity contribution in [1.29, 1.82) is 0 Å². The molecular weight excluding hydrogens is 281 g/mol. The minimum Gasteiger partial charge on any atom is -0.326 e. The van der Waals surface area contributed by atoms with Crippen LogP contribution in [0.3, 0.4) is 0 Å². The maximum atomic E-state index is 13.1. The number of hydrogen-bond acceptors (Lipinski definition) is 3. The van der Waals surface area contributed by atoms with Crippen LogP contribution in [-0.2, 0) is 4.79 Å². The molecule has 1 aromatic rings. The summed E-state index contributed by atoms with van der Waals surface area (Å²) in [4.78, 5) is 16.9. The van der Waals surface area contributed by atoms with Crippen LogP contribution in [0.4, 0.5) is 10.1 Å². The van der Waals surface area contributed by atoms with Crippen LogP contribution >= 0.6 is 0 Å². The highest BCUT2D eigenvalue weighted by Gasteiger charge is 2.37. The number of rotatable bonds is 4. The highest BCUT2D eigenvalue weighted by atomic mass is 19.1. The Bertz CT molecular complexity index is 536. The van der Waals surface area contributed by atoms with E-state index in [-0.39, 0.29) is 11.7 Å². The Kier molecular flexibility index (Phi) is 4.74. The van der Waals surface area contributed by atoms with E-state index in [0.29, 0.717) is 18.2 Å². The third kappa shape index (κ3) is 3.65. The van der Waals surface area contributed by atoms with Gasteiger partial charge in [0.2, 0.25) is 5.91 Å². The van der Waals surface area contributed by atoms with Gasteiger partial charge in [-0.05, 0) is 50.6 Å². The van der Waals surface area contributed by atoms with Crippen molar-refractivity contribution < 1.29 is 9.18 Å². The third-order valence-corrected chi connectivity index (χ3v) is 4.81. The number of amides is 1. The summed E-state index contributed by atoms with van der Waals surface area (Å²) in [7, 11) is 2.17. The molecule has 2 atom stereocenters. The standard InChI is InChI=1S/C17H24FN3O/c1-20-11-13-4-3-8-21(16(13)12-20)9-7-17(22)19-15-6-2-5-14(18)10-15/h2,5-6,10,13,16H,3-4,7-9,11-12H2,1H3,(H,19,22). The van der Waals surface area contributed by atoms with Gasteiger partial charge in [0.1, 0.15) is 5.82 Å². The smallest absolute Gasteiger partial charge is 0.225 e. The van der Waals surface area contributed by atoms with Crippen molar-refractivity contribution in [3.8, 4) is 0 Å². The van der Waals surface area contributed by atoms with Crippen LogP contribution in [-0.4, -0.2) is 55.0 Å². The topological polar surface area (TPSA) is 35.6 Å². The number of carbonyl (C=O) groups is 1. The normalized spacial score (nSPS) is 25.9. The van der Waals surface area contributed by atoms with Gasteiger partial charge in [-0.3, -0.25) is 9.69 Å². The molecule has 1 aromatic carbocycles. The molecule has 0 bridgehead atoms. The van der Waals surface area contributed by atoms with Gasteiger partial charge in [-0.2, -0.15) is 0 Å². The summed E-state index contributed by atoms with van der Waals surface area (Å²) in [6.07, 6.45) is 2.99. The van der Waals surface area contributed by atoms with Crippen LogP contribution in [0.2, 0.25) is 0 Å². The van der Waals surface area contributed by atoms with Gasteiger partial charge in [0, 0.05) is 37.8 Å². The first-order valence-corrected chi connectivity index (χ1v) is 8.10. The second kappa shape index (κ2) is 6.75. The lowest BCUT2D eigenvalue weighted by atomic mass is 9.92. The fourth-order valence-electron chi connectivity index (χ4n) is 3.80. The zero-order valence-electron chi connectivity index (χ0n) is 13.1. The van der Waals surface area contributed by atoms with Gasteiger partial charge in [0.25, 0.3) is 0 Å². The van der Waals surface area contributed by atoms with Crippen LogP contribution in [0.5, 0.6) is 0 Å². The summed E-state index contributed by atoms with van der Waals surface area (Å²) >= 11 is 0. The zero-order valence-corrected chi connectivity index (χ0v) is 13.1. The van der Waals surface area contributed by atoms with Crippen LogP contribution < -0.4 is 5.32 Å². The van der Waals surface area contributed by atoms with Gasteiger partial charge in [0.15, 0.2) is 0 Å². The molecule has 1 N–H and O–H groups in total. The number of carbonyl (C=O) groups excluding carboxylic acids is 1. The molecule has 2 heterocycles. The quantitative estimate of drug-likeness (QED) is 0.926. The molecule has 0 saturated carbocycles. The van der Waals surface area contributed by atoms with Crippen molar-refractivity contribution in [3.05, 3.63) is 30.1 Å². The summed E-state index contributed by atoms with van der Waals surface area (Å²) in [5.41, 5.74) is 0.530. The van der Waals surface area contributed by atoms with E-state index in [1.165, 1.54) is 31.5 Å². The number of likely N-dealkylation sites (tertiary alicyclic amines) is 2. The van der Waals surface area contributed by atoms with Crippen LogP contribution in [0, 0.1) is 11.7 Å². The Morgan fingerprint density at radius 1 is 1.41 bits per heavy atom. The first kappa shape index (κ1) is 15.4. The molecule has 4 nitrogen and oxygen atoms in total. The molecule has 2 aliphatic rings. The minimum absolute atomic E-state index is 0.0425. The Hall–Kier alpha value is -1.46. The molecule has 0 aliphatic carbocycles. The van der Waals surface area contributed by atoms with E-state index in [9.17, 15) is 9.18 Å². The molecule has 0 spiro atoms. The van der Waals surface area contributed by atoms with Gasteiger partial charge in [-0.25, -0.2) is 4.39 Å². The number of hydrogen-bond donors (Lipinski definition) is 1. The summed E-state index contributed by atoms with van der Waals surface area (Å²) in [5, 5.41) is 2.77. The van der Waals surface area contributed by atoms with E-state index in [4.69, 9.17) is 0 Å². The second-order valence-electron chi connectivity index (χ2n) is 6.54. The number of halogens is 1. The van der Waals surface area contributed by atoms with Crippen molar-refractivity contribution in [2.45, 2.75) is 25.3 Å². The molecule has 22 heavy (non-hydrogen) atoms. The predicted molar refractivity (Wildman–Crippen MR) is 85.2 cm³/mol. The van der Waals surface area contributed by atoms with Crippen molar-refractivity contribution in [2.75, 3.05) is 38.5 Å². The number of fused-ring (bicyclic) bond motifs is 1. The molecule has 0 radical (unpaired) electrons. The van der Waals surface area contributed by atoms with Gasteiger partial charge in [-0.1, -0.05) is 6.07 Å². The molecule has 1 amide bonds. The predicted octanol–water partition coefficient (Wildman–Crippen LogP) is 2.18. The van der Waals surface area contributed by atoms with E-state index in [2.05, 4.69) is 22.2 Å². The zero-order chi connectivity index (χ0) is 15.5. The lowest BCUT2D eigenvalue weighted by Gasteiger charge is -2.36. The van der Waals surface area contributed by atoms with Crippen molar-refractivity contribution in [1.82, 2.24) is 9.80 Å². The van der Waals surface area contributed by atoms with E-state index in [1.54, 1.807) is 12.1 Å². The van der Waals surface area contributed by atoms with Gasteiger partial charge in [-0.15, -0.1) is 0 Å². The number of likely N-dealkylation sites (N-methyl/N-ethyl adjacent to an activating group) is 1. The Morgan fingerprint density at radius 2 is 2.27 bits per heavy atom. The van der Waals surface area contributed by atoms with Crippen molar-refractivity contribution in [3.63, 3.8) is 0 Å². The molecule has 2 saturated heterocycles. The Labute approximate surface area is 131 Å². The maximum Gasteiger partial charge on any atom is 0.225 e. The SMILES string of the molecule is CN1CC2CCCN(CCC(=O)Nc3cccc(F)c3)C2C1. The van der Waals surface area contributed by atoms with Crippen molar-refractivity contribution in [2.24, 2.45) is 5.92 Å². The first-order valence-electron chi connectivity index (χ1n) is 8.10. The second-order valence-corrected chi connectivity index (χ2v) is 6.54. The highest BCUT2D eigenvalue weighted by molar-refractivity contribution is 5.90. The molecule has 2 unspecified atom stereocenters. The number of nitrogens with zero attached hydrogens (tertiary/aromatic N) is 2. The first-order chi connectivity index (χ1) is 10.6. The average molecular weight is 305 g/mol. The number of anilines is 1. The molecule has 2 aliphatic heterocycles. The van der Waals surface area contributed by atoms with Crippen LogP contribution in [0.15, 0.2) is 24.3 Å². The molecule has 120 valence electrons. The Balaban J connectivity index is 1.50. The summed E-state index contributed by atoms with van der Waals surface area (Å²) < 4.78 is 13.1. The lowest BCUT2D eigenvalue weighted by molar-refractivity contribution is -0.116. The van der Waals surface area contributed by atoms with E-state index in [1.807, 2.05) is 0 Å². The molecule has 0 aromatic heterocycles. The van der Waals surface area contributed by atoms with E-state index < -0.39 is 0 Å². The van der Waals surface area contributed by atoms with E-state index >= 15 is 0 Å². The minimum atomic E-state index is -0.328. The molecule has 3 rings (SSSR count). The summed E-state index contributed by atoms with van der Waals surface area (Å²) in [5.74, 6) is 0.384. The van der Waals surface area contributed by atoms with E-state index in [0.717, 1.165) is 25.6 Å². The lowest BCUT2D eigenvalue weighted by Crippen LogP contribution is -2.46. The van der Waals surface area contributed by atoms with Crippen LogP contribution in [0.1, 0.15) is 19.3 Å². The monoisotopic (exact) mass is 305 g/mol. The average Bonchev–Trinajstić information content (AvgIpc) is 2.86. The largest absolute Gasteiger partial charge is 0.326 e. The maximum absolute atomic E-state index is 13.1. The number of piperidine rings is 1. The third-order valence-electron chi connectivity index (χ3n) is 4.81. The highest BCUT2D eigenvalue weighted by Crippen LogP contribution is 2.29. The number of benzene rings is 1. The molecule has 2 fully saturated rings. The van der Waals surface area contributed by atoms with Gasteiger partial charge >= 0.3 is 0 Å².